The number of pyridine rings is 1. The predicted molar refractivity (Wildman–Crippen MR) is 101 cm³/mol. The lowest BCUT2D eigenvalue weighted by Crippen LogP contribution is -2.46. The molecule has 1 aliphatic rings. The van der Waals surface area contributed by atoms with E-state index in [9.17, 15) is 0 Å². The van der Waals surface area contributed by atoms with Gasteiger partial charge >= 0.3 is 0 Å². The summed E-state index contributed by atoms with van der Waals surface area (Å²) in [6.07, 6.45) is 1.71. The smallest absolute Gasteiger partial charge is 0.128 e. The van der Waals surface area contributed by atoms with Gasteiger partial charge in [-0.1, -0.05) is 23.7 Å². The van der Waals surface area contributed by atoms with Gasteiger partial charge in [0.2, 0.25) is 0 Å². The molecule has 25 heavy (non-hydrogen) atoms. The van der Waals surface area contributed by atoms with E-state index in [-0.39, 0.29) is 0 Å². The monoisotopic (exact) mass is 353 g/mol. The summed E-state index contributed by atoms with van der Waals surface area (Å²) in [4.78, 5) is 18.6. The van der Waals surface area contributed by atoms with E-state index in [1.807, 2.05) is 43.3 Å². The van der Waals surface area contributed by atoms with Gasteiger partial charge in [-0.2, -0.15) is 0 Å². The normalized spacial score (nSPS) is 15.7. The van der Waals surface area contributed by atoms with Crippen LogP contribution in [-0.2, 0) is 6.54 Å². The van der Waals surface area contributed by atoms with Crippen LogP contribution in [0.25, 0.3) is 11.0 Å². The maximum Gasteiger partial charge on any atom is 0.128 e. The number of fused-ring (bicyclic) bond motifs is 1. The minimum absolute atomic E-state index is 0.674. The molecule has 6 heteroatoms. The van der Waals surface area contributed by atoms with E-state index in [1.165, 1.54) is 0 Å². The summed E-state index contributed by atoms with van der Waals surface area (Å²) in [5.74, 6) is 0.991. The highest BCUT2D eigenvalue weighted by Crippen LogP contribution is 2.18. The number of halogens is 1. The molecule has 0 radical (unpaired) electrons. The van der Waals surface area contributed by atoms with E-state index in [0.29, 0.717) is 5.02 Å². The van der Waals surface area contributed by atoms with Crippen molar-refractivity contribution in [3.63, 3.8) is 0 Å². The Balaban J connectivity index is 1.43. The van der Waals surface area contributed by atoms with Gasteiger partial charge in [-0.25, -0.2) is 15.0 Å². The Morgan fingerprint density at radius 2 is 1.68 bits per heavy atom. The van der Waals surface area contributed by atoms with Gasteiger partial charge in [0.25, 0.3) is 0 Å². The van der Waals surface area contributed by atoms with E-state index >= 15 is 0 Å². The average Bonchev–Trinajstić information content (AvgIpc) is 2.64. The summed E-state index contributed by atoms with van der Waals surface area (Å²) in [5, 5.41) is 0.674. The fourth-order valence-electron chi connectivity index (χ4n) is 3.18. The predicted octanol–water partition coefficient (Wildman–Crippen LogP) is 3.31. The van der Waals surface area contributed by atoms with Crippen molar-refractivity contribution in [2.24, 2.45) is 0 Å². The van der Waals surface area contributed by atoms with Gasteiger partial charge < -0.3 is 4.90 Å². The van der Waals surface area contributed by atoms with Gasteiger partial charge in [0, 0.05) is 38.9 Å². The Labute approximate surface area is 152 Å². The van der Waals surface area contributed by atoms with Gasteiger partial charge in [0.15, 0.2) is 0 Å². The van der Waals surface area contributed by atoms with Crippen molar-refractivity contribution in [3.05, 3.63) is 59.0 Å². The van der Waals surface area contributed by atoms with E-state index in [4.69, 9.17) is 16.6 Å². The van der Waals surface area contributed by atoms with Crippen molar-refractivity contribution in [2.75, 3.05) is 31.1 Å². The topological polar surface area (TPSA) is 45.2 Å². The van der Waals surface area contributed by atoms with Crippen LogP contribution in [0.2, 0.25) is 5.02 Å². The number of para-hydroxylation sites is 2. The van der Waals surface area contributed by atoms with Crippen molar-refractivity contribution >= 4 is 28.5 Å². The first kappa shape index (κ1) is 16.2. The highest BCUT2D eigenvalue weighted by Gasteiger charge is 2.19. The number of hydrogen-bond acceptors (Lipinski definition) is 5. The second kappa shape index (κ2) is 6.94. The van der Waals surface area contributed by atoms with Crippen molar-refractivity contribution < 1.29 is 0 Å². The molecule has 128 valence electrons. The zero-order valence-corrected chi connectivity index (χ0v) is 14.9. The molecule has 3 heterocycles. The molecule has 3 aromatic rings. The number of hydrogen-bond donors (Lipinski definition) is 0. The van der Waals surface area contributed by atoms with Crippen molar-refractivity contribution in [3.8, 4) is 0 Å². The van der Waals surface area contributed by atoms with Crippen LogP contribution >= 0.6 is 11.6 Å². The second-order valence-electron chi connectivity index (χ2n) is 6.34. The maximum atomic E-state index is 5.92. The van der Waals surface area contributed by atoms with Crippen LogP contribution in [-0.4, -0.2) is 46.0 Å². The molecule has 0 amide bonds. The van der Waals surface area contributed by atoms with Crippen molar-refractivity contribution in [1.82, 2.24) is 19.9 Å². The quantitative estimate of drug-likeness (QED) is 0.722. The Hall–Kier alpha value is -2.24. The van der Waals surface area contributed by atoms with Crippen LogP contribution in [0.5, 0.6) is 0 Å². The molecule has 1 saturated heterocycles. The first-order chi connectivity index (χ1) is 12.2. The summed E-state index contributed by atoms with van der Waals surface area (Å²) in [7, 11) is 0. The van der Waals surface area contributed by atoms with Gasteiger partial charge in [0.1, 0.15) is 5.82 Å². The molecule has 1 fully saturated rings. The fourth-order valence-corrected chi connectivity index (χ4v) is 3.29. The molecule has 2 aromatic heterocycles. The molecule has 1 aliphatic heterocycles. The minimum Gasteiger partial charge on any atom is -0.354 e. The highest BCUT2D eigenvalue weighted by molar-refractivity contribution is 6.30. The van der Waals surface area contributed by atoms with Gasteiger partial charge in [-0.05, 0) is 31.2 Å². The Kier molecular flexibility index (Phi) is 4.51. The van der Waals surface area contributed by atoms with Crippen LogP contribution in [0, 0.1) is 6.92 Å². The van der Waals surface area contributed by atoms with E-state index in [0.717, 1.165) is 61.0 Å². The molecule has 0 atom stereocenters. The number of anilines is 1. The fraction of sp³-hybridized carbons (Fsp3) is 0.316. The lowest BCUT2D eigenvalue weighted by molar-refractivity contribution is 0.246. The summed E-state index contributed by atoms with van der Waals surface area (Å²) in [6, 6.07) is 11.9. The molecule has 0 spiro atoms. The van der Waals surface area contributed by atoms with Crippen LogP contribution < -0.4 is 4.90 Å². The van der Waals surface area contributed by atoms with Gasteiger partial charge in [-0.15, -0.1) is 0 Å². The average molecular weight is 354 g/mol. The standard InChI is InChI=1S/C19H20ClN5/c1-14-18(23-17-5-3-2-4-16(17)22-14)13-24-8-10-25(11-9-24)19-7-6-15(20)12-21-19/h2-7,12H,8-11,13H2,1H3. The maximum absolute atomic E-state index is 5.92. The van der Waals surface area contributed by atoms with E-state index < -0.39 is 0 Å². The first-order valence-corrected chi connectivity index (χ1v) is 8.88. The largest absolute Gasteiger partial charge is 0.354 e. The number of piperazine rings is 1. The van der Waals surface area contributed by atoms with E-state index in [2.05, 4.69) is 19.8 Å². The molecular weight excluding hydrogens is 334 g/mol. The Bertz CT molecular complexity index is 873. The third-order valence-electron chi connectivity index (χ3n) is 4.62. The molecule has 1 aromatic carbocycles. The SMILES string of the molecule is Cc1nc2ccccc2nc1CN1CCN(c2ccc(Cl)cn2)CC1. The van der Waals surface area contributed by atoms with Crippen LogP contribution in [0.1, 0.15) is 11.4 Å². The molecule has 0 bridgehead atoms. The molecule has 0 saturated carbocycles. The van der Waals surface area contributed by atoms with Gasteiger partial charge in [0.05, 0.1) is 27.4 Å². The number of aromatic nitrogens is 3. The summed E-state index contributed by atoms with van der Waals surface area (Å²) in [5.41, 5.74) is 4.01. The summed E-state index contributed by atoms with van der Waals surface area (Å²) >= 11 is 5.92. The third kappa shape index (κ3) is 3.57. The van der Waals surface area contributed by atoms with Crippen LogP contribution in [0.4, 0.5) is 5.82 Å². The minimum atomic E-state index is 0.674. The third-order valence-corrected chi connectivity index (χ3v) is 4.85. The second-order valence-corrected chi connectivity index (χ2v) is 6.78. The molecule has 0 aliphatic carbocycles. The number of nitrogens with zero attached hydrogens (tertiary/aromatic N) is 5. The van der Waals surface area contributed by atoms with Gasteiger partial charge in [-0.3, -0.25) is 4.90 Å². The lowest BCUT2D eigenvalue weighted by atomic mass is 10.2. The Morgan fingerprint density at radius 3 is 2.36 bits per heavy atom. The van der Waals surface area contributed by atoms with Crippen molar-refractivity contribution in [1.29, 1.82) is 0 Å². The lowest BCUT2D eigenvalue weighted by Gasteiger charge is -2.35. The molecular formula is C19H20ClN5. The number of benzene rings is 1. The zero-order chi connectivity index (χ0) is 17.2. The zero-order valence-electron chi connectivity index (χ0n) is 14.2. The van der Waals surface area contributed by atoms with E-state index in [1.54, 1.807) is 6.20 Å². The Morgan fingerprint density at radius 1 is 0.960 bits per heavy atom. The first-order valence-electron chi connectivity index (χ1n) is 8.50. The van der Waals surface area contributed by atoms with Crippen LogP contribution in [0.3, 0.4) is 0 Å². The summed E-state index contributed by atoms with van der Waals surface area (Å²) < 4.78 is 0. The molecule has 5 nitrogen and oxygen atoms in total. The molecule has 0 N–H and O–H groups in total. The summed E-state index contributed by atoms with van der Waals surface area (Å²) in [6.45, 7) is 6.76. The van der Waals surface area contributed by atoms with Crippen molar-refractivity contribution in [2.45, 2.75) is 13.5 Å². The molecule has 4 rings (SSSR count). The molecule has 0 unspecified atom stereocenters. The number of rotatable bonds is 3. The highest BCUT2D eigenvalue weighted by atomic mass is 35.5. The number of aryl methyl sites for hydroxylation is 1. The van der Waals surface area contributed by atoms with Crippen LogP contribution in [0.15, 0.2) is 42.6 Å².